The molecular formula is C18H24N4O3S. The molecular weight excluding hydrogens is 352 g/mol. The first-order valence-electron chi connectivity index (χ1n) is 8.54. The molecule has 1 fully saturated rings. The number of hydrogen-bond donors (Lipinski definition) is 1. The Kier molecular flexibility index (Phi) is 5.82. The molecule has 0 saturated carbocycles. The number of carbonyl (C=O) groups is 1. The number of rotatable bonds is 5. The predicted molar refractivity (Wildman–Crippen MR) is 102 cm³/mol. The molecule has 1 atom stereocenters. The molecule has 2 aromatic rings. The Morgan fingerprint density at radius 1 is 1.23 bits per heavy atom. The van der Waals surface area contributed by atoms with Gasteiger partial charge in [0.05, 0.1) is 20.3 Å². The molecule has 0 aliphatic carbocycles. The van der Waals surface area contributed by atoms with Gasteiger partial charge < -0.3 is 24.6 Å². The zero-order valence-corrected chi connectivity index (χ0v) is 16.1. The van der Waals surface area contributed by atoms with Gasteiger partial charge in [0.1, 0.15) is 11.5 Å². The number of piperazine rings is 1. The molecule has 0 radical (unpaired) electrons. The first-order valence-corrected chi connectivity index (χ1v) is 9.42. The second-order valence-corrected chi connectivity index (χ2v) is 6.94. The lowest BCUT2D eigenvalue weighted by Crippen LogP contribution is -2.52. The van der Waals surface area contributed by atoms with Crippen molar-refractivity contribution < 1.29 is 14.3 Å². The highest BCUT2D eigenvalue weighted by Crippen LogP contribution is 2.29. The Labute approximate surface area is 157 Å². The monoisotopic (exact) mass is 376 g/mol. The third kappa shape index (κ3) is 4.01. The van der Waals surface area contributed by atoms with Crippen LogP contribution in [-0.4, -0.2) is 56.3 Å². The lowest BCUT2D eigenvalue weighted by atomic mass is 10.1. The molecule has 2 heterocycles. The van der Waals surface area contributed by atoms with E-state index in [2.05, 4.69) is 15.2 Å². The zero-order valence-electron chi connectivity index (χ0n) is 15.3. The van der Waals surface area contributed by atoms with Crippen LogP contribution >= 0.6 is 11.3 Å². The summed E-state index contributed by atoms with van der Waals surface area (Å²) in [6.07, 6.45) is 1.81. The molecule has 0 bridgehead atoms. The maximum atomic E-state index is 12.6. The SMILES string of the molecule is COc1ccc(C(C)NC(=O)N2CCN(c3nccs3)CC2)c(OC)c1. The standard InChI is InChI=1S/C18H24N4O3S/c1-13(15-5-4-14(24-2)12-16(15)25-3)20-17(23)21-7-9-22(10-8-21)18-19-6-11-26-18/h4-6,11-13H,7-10H2,1-3H3,(H,20,23). The van der Waals surface area contributed by atoms with E-state index >= 15 is 0 Å². The lowest BCUT2D eigenvalue weighted by molar-refractivity contribution is 0.191. The summed E-state index contributed by atoms with van der Waals surface area (Å²) in [5.41, 5.74) is 0.920. The number of ether oxygens (including phenoxy) is 2. The summed E-state index contributed by atoms with van der Waals surface area (Å²) >= 11 is 1.63. The fraction of sp³-hybridized carbons (Fsp3) is 0.444. The van der Waals surface area contributed by atoms with Crippen LogP contribution in [0.4, 0.5) is 9.93 Å². The van der Waals surface area contributed by atoms with E-state index < -0.39 is 0 Å². The fourth-order valence-corrected chi connectivity index (χ4v) is 3.70. The van der Waals surface area contributed by atoms with Crippen LogP contribution in [0, 0.1) is 0 Å². The average molecular weight is 376 g/mol. The van der Waals surface area contributed by atoms with Gasteiger partial charge >= 0.3 is 6.03 Å². The molecule has 7 nitrogen and oxygen atoms in total. The highest BCUT2D eigenvalue weighted by atomic mass is 32.1. The Hall–Kier alpha value is -2.48. The number of urea groups is 1. The summed E-state index contributed by atoms with van der Waals surface area (Å²) in [5.74, 6) is 1.42. The van der Waals surface area contributed by atoms with Crippen molar-refractivity contribution >= 4 is 22.5 Å². The maximum Gasteiger partial charge on any atom is 0.317 e. The van der Waals surface area contributed by atoms with E-state index in [0.29, 0.717) is 18.8 Å². The first kappa shape index (κ1) is 18.3. The van der Waals surface area contributed by atoms with Crippen LogP contribution in [0.3, 0.4) is 0 Å². The van der Waals surface area contributed by atoms with Gasteiger partial charge in [-0.3, -0.25) is 0 Å². The Morgan fingerprint density at radius 2 is 2.00 bits per heavy atom. The lowest BCUT2D eigenvalue weighted by Gasteiger charge is -2.35. The number of benzene rings is 1. The number of aromatic nitrogens is 1. The summed E-state index contributed by atoms with van der Waals surface area (Å²) in [6, 6.07) is 5.38. The van der Waals surface area contributed by atoms with Gasteiger partial charge in [-0.25, -0.2) is 9.78 Å². The largest absolute Gasteiger partial charge is 0.497 e. The van der Waals surface area contributed by atoms with Crippen molar-refractivity contribution in [2.45, 2.75) is 13.0 Å². The molecule has 1 N–H and O–H groups in total. The summed E-state index contributed by atoms with van der Waals surface area (Å²) < 4.78 is 10.7. The van der Waals surface area contributed by atoms with E-state index in [0.717, 1.165) is 29.5 Å². The number of nitrogens with one attached hydrogen (secondary N) is 1. The summed E-state index contributed by atoms with van der Waals surface area (Å²) in [7, 11) is 3.23. The van der Waals surface area contributed by atoms with Gasteiger partial charge in [-0.2, -0.15) is 0 Å². The van der Waals surface area contributed by atoms with Crippen molar-refractivity contribution in [3.63, 3.8) is 0 Å². The van der Waals surface area contributed by atoms with Crippen LogP contribution < -0.4 is 19.7 Å². The molecule has 1 saturated heterocycles. The first-order chi connectivity index (χ1) is 12.6. The number of amides is 2. The highest BCUT2D eigenvalue weighted by molar-refractivity contribution is 7.13. The van der Waals surface area contributed by atoms with Crippen molar-refractivity contribution in [2.24, 2.45) is 0 Å². The minimum absolute atomic E-state index is 0.0610. The van der Waals surface area contributed by atoms with Crippen LogP contribution in [-0.2, 0) is 0 Å². The van der Waals surface area contributed by atoms with E-state index in [4.69, 9.17) is 9.47 Å². The minimum atomic E-state index is -0.166. The Balaban J connectivity index is 1.58. The highest BCUT2D eigenvalue weighted by Gasteiger charge is 2.24. The van der Waals surface area contributed by atoms with Crippen molar-refractivity contribution in [3.05, 3.63) is 35.3 Å². The van der Waals surface area contributed by atoms with E-state index in [1.54, 1.807) is 25.6 Å². The summed E-state index contributed by atoms with van der Waals surface area (Å²) in [5, 5.41) is 6.05. The minimum Gasteiger partial charge on any atom is -0.497 e. The smallest absolute Gasteiger partial charge is 0.317 e. The Bertz CT molecular complexity index is 730. The molecule has 26 heavy (non-hydrogen) atoms. The van der Waals surface area contributed by atoms with E-state index in [-0.39, 0.29) is 12.1 Å². The quantitative estimate of drug-likeness (QED) is 0.869. The number of hydrogen-bond acceptors (Lipinski definition) is 6. The molecule has 140 valence electrons. The van der Waals surface area contributed by atoms with Crippen LogP contribution in [0.2, 0.25) is 0 Å². The van der Waals surface area contributed by atoms with E-state index in [1.165, 1.54) is 0 Å². The van der Waals surface area contributed by atoms with Gasteiger partial charge in [0, 0.05) is 49.4 Å². The molecule has 1 aromatic heterocycles. The summed E-state index contributed by atoms with van der Waals surface area (Å²) in [6.45, 7) is 4.89. The normalized spacial score (nSPS) is 15.5. The van der Waals surface area contributed by atoms with Gasteiger partial charge in [0.2, 0.25) is 0 Å². The number of nitrogens with zero attached hydrogens (tertiary/aromatic N) is 3. The third-order valence-corrected chi connectivity index (χ3v) is 5.34. The summed E-state index contributed by atoms with van der Waals surface area (Å²) in [4.78, 5) is 21.0. The molecule has 0 spiro atoms. The molecule has 1 aliphatic rings. The molecule has 1 aromatic carbocycles. The predicted octanol–water partition coefficient (Wildman–Crippen LogP) is 2.75. The van der Waals surface area contributed by atoms with Gasteiger partial charge in [-0.05, 0) is 19.1 Å². The zero-order chi connectivity index (χ0) is 18.5. The van der Waals surface area contributed by atoms with Crippen molar-refractivity contribution in [2.75, 3.05) is 45.3 Å². The van der Waals surface area contributed by atoms with E-state index in [9.17, 15) is 4.79 Å². The number of carbonyl (C=O) groups excluding carboxylic acids is 1. The number of anilines is 1. The second-order valence-electron chi connectivity index (χ2n) is 6.07. The van der Waals surface area contributed by atoms with Crippen LogP contribution in [0.15, 0.2) is 29.8 Å². The van der Waals surface area contributed by atoms with Gasteiger partial charge in [0.25, 0.3) is 0 Å². The van der Waals surface area contributed by atoms with Gasteiger partial charge in [0.15, 0.2) is 5.13 Å². The maximum absolute atomic E-state index is 12.6. The molecule has 2 amide bonds. The van der Waals surface area contributed by atoms with Crippen LogP contribution in [0.1, 0.15) is 18.5 Å². The second kappa shape index (κ2) is 8.27. The molecule has 1 aliphatic heterocycles. The fourth-order valence-electron chi connectivity index (χ4n) is 3.00. The molecule has 1 unspecified atom stereocenters. The van der Waals surface area contributed by atoms with Crippen molar-refractivity contribution in [3.8, 4) is 11.5 Å². The number of thiazole rings is 1. The van der Waals surface area contributed by atoms with Crippen molar-refractivity contribution in [1.29, 1.82) is 0 Å². The Morgan fingerprint density at radius 3 is 2.62 bits per heavy atom. The topological polar surface area (TPSA) is 66.9 Å². The van der Waals surface area contributed by atoms with Crippen LogP contribution in [0.25, 0.3) is 0 Å². The average Bonchev–Trinajstić information content (AvgIpc) is 3.22. The molecule has 3 rings (SSSR count). The number of methoxy groups -OCH3 is 2. The van der Waals surface area contributed by atoms with Gasteiger partial charge in [-0.1, -0.05) is 0 Å². The van der Waals surface area contributed by atoms with Crippen LogP contribution in [0.5, 0.6) is 11.5 Å². The van der Waals surface area contributed by atoms with E-state index in [1.807, 2.05) is 41.6 Å². The third-order valence-electron chi connectivity index (χ3n) is 4.50. The van der Waals surface area contributed by atoms with Crippen molar-refractivity contribution in [1.82, 2.24) is 15.2 Å². The van der Waals surface area contributed by atoms with Gasteiger partial charge in [-0.15, -0.1) is 11.3 Å². The molecule has 8 heteroatoms.